The molecule has 0 saturated carbocycles. The van der Waals surface area contributed by atoms with Gasteiger partial charge in [0.2, 0.25) is 0 Å². The maximum Gasteiger partial charge on any atom is 0.312 e. The van der Waals surface area contributed by atoms with Gasteiger partial charge in [0.1, 0.15) is 29.0 Å². The van der Waals surface area contributed by atoms with Gasteiger partial charge in [-0.2, -0.15) is 0 Å². The highest BCUT2D eigenvalue weighted by atomic mass is 16.7. The first-order valence-electron chi connectivity index (χ1n) is 21.5. The minimum Gasteiger partial charge on any atom is -0.507 e. The molecule has 1 saturated heterocycles. The van der Waals surface area contributed by atoms with Gasteiger partial charge < -0.3 is 49.4 Å². The Morgan fingerprint density at radius 3 is 2.24 bits per heavy atom. The Morgan fingerprint density at radius 1 is 0.984 bits per heavy atom. The van der Waals surface area contributed by atoms with Gasteiger partial charge in [0, 0.05) is 94.1 Å². The minimum absolute atomic E-state index is 0.0392. The largest absolute Gasteiger partial charge is 0.507 e. The number of fused-ring (bicyclic) bond motifs is 1. The van der Waals surface area contributed by atoms with Gasteiger partial charge in [-0.3, -0.25) is 24.4 Å². The molecule has 0 aliphatic carbocycles. The molecule has 5 N–H and O–H groups in total. The lowest BCUT2D eigenvalue weighted by Crippen LogP contribution is -2.50. The summed E-state index contributed by atoms with van der Waals surface area (Å²) in [7, 11) is 1.44. The van der Waals surface area contributed by atoms with E-state index in [0.29, 0.717) is 31.8 Å². The van der Waals surface area contributed by atoms with E-state index in [1.54, 1.807) is 34.6 Å². The van der Waals surface area contributed by atoms with Crippen LogP contribution < -0.4 is 15.5 Å². The zero-order valence-electron chi connectivity index (χ0n) is 37.7. The molecule has 338 valence electrons. The molecule has 0 radical (unpaired) electrons. The van der Waals surface area contributed by atoms with E-state index in [-0.39, 0.29) is 61.7 Å². The third-order valence-corrected chi connectivity index (χ3v) is 13.2. The molecule has 9 atom stereocenters. The average molecular weight is 862 g/mol. The molecule has 9 unspecified atom stereocenters. The second kappa shape index (κ2) is 17.5. The van der Waals surface area contributed by atoms with E-state index in [2.05, 4.69) is 18.7 Å². The first-order chi connectivity index (χ1) is 29.0. The molecule has 4 aliphatic heterocycles. The number of hydrogen-bond acceptors (Lipinski definition) is 15. The van der Waals surface area contributed by atoms with Crippen molar-refractivity contribution >= 4 is 28.3 Å². The molecule has 6 rings (SSSR count). The molecule has 0 amide bonds. The van der Waals surface area contributed by atoms with Gasteiger partial charge in [-0.15, -0.1) is 0 Å². The molecule has 1 spiro atoms. The number of likely N-dealkylation sites (tertiary alicyclic amines) is 1. The summed E-state index contributed by atoms with van der Waals surface area (Å²) < 4.78 is 23.9. The van der Waals surface area contributed by atoms with E-state index in [9.17, 15) is 39.9 Å². The number of hydrogen-bond donors (Lipinski definition) is 5. The minimum atomic E-state index is -1.97. The summed E-state index contributed by atoms with van der Waals surface area (Å²) in [5, 5.41) is 59.0. The van der Waals surface area contributed by atoms with E-state index < -0.39 is 82.5 Å². The predicted octanol–water partition coefficient (Wildman–Crippen LogP) is 4.04. The van der Waals surface area contributed by atoms with Gasteiger partial charge in [-0.05, 0) is 38.3 Å². The number of nitrogens with zero attached hydrogens (tertiary/aromatic N) is 3. The van der Waals surface area contributed by atoms with Crippen LogP contribution in [-0.4, -0.2) is 116 Å². The SMILES string of the molecule is COC1C=COC2(C)Oc3c(C)c(O)c4c(O)c(c5c(c4c3C2=O)=NC2(CCN(CC(C)C)CC2)N=5)CC(=O)/C(C)=C/C=CC(C)(O)C(O)C(C)C(O)C(C)C(OC(C)=O)C1C. The summed E-state index contributed by atoms with van der Waals surface area (Å²) in [5.74, 6) is -6.25. The number of esters is 1. The third kappa shape index (κ3) is 8.54. The van der Waals surface area contributed by atoms with Crippen LogP contribution in [0.4, 0.5) is 0 Å². The fourth-order valence-corrected chi connectivity index (χ4v) is 9.45. The van der Waals surface area contributed by atoms with Crippen molar-refractivity contribution in [2.45, 2.75) is 130 Å². The number of piperidine rings is 1. The monoisotopic (exact) mass is 861 g/mol. The van der Waals surface area contributed by atoms with Crippen molar-refractivity contribution in [3.8, 4) is 17.2 Å². The van der Waals surface area contributed by atoms with Crippen LogP contribution in [0.1, 0.15) is 96.6 Å². The van der Waals surface area contributed by atoms with Crippen molar-refractivity contribution < 1.29 is 58.9 Å². The maximum absolute atomic E-state index is 14.7. The van der Waals surface area contributed by atoms with Gasteiger partial charge in [-0.1, -0.05) is 52.8 Å². The van der Waals surface area contributed by atoms with Gasteiger partial charge in [0.15, 0.2) is 11.4 Å². The molecule has 4 heterocycles. The number of methoxy groups -OCH3 is 1. The molecule has 2 aromatic carbocycles. The Balaban J connectivity index is 1.55. The Kier molecular flexibility index (Phi) is 13.2. The van der Waals surface area contributed by atoms with Gasteiger partial charge in [0.05, 0.1) is 46.2 Å². The van der Waals surface area contributed by atoms with E-state index in [1.807, 2.05) is 0 Å². The fourth-order valence-electron chi connectivity index (χ4n) is 9.45. The van der Waals surface area contributed by atoms with E-state index in [1.165, 1.54) is 58.4 Å². The Morgan fingerprint density at radius 2 is 1.63 bits per heavy atom. The molecule has 0 aromatic heterocycles. The lowest BCUT2D eigenvalue weighted by atomic mass is 9.77. The zero-order chi connectivity index (χ0) is 45.8. The highest BCUT2D eigenvalue weighted by Gasteiger charge is 2.50. The second-order valence-corrected chi connectivity index (χ2v) is 18.5. The van der Waals surface area contributed by atoms with E-state index in [0.717, 1.165) is 6.54 Å². The molecule has 2 aromatic rings. The molecular weight excluding hydrogens is 799 g/mol. The lowest BCUT2D eigenvalue weighted by molar-refractivity contribution is -0.162. The quantitative estimate of drug-likeness (QED) is 0.275. The van der Waals surface area contributed by atoms with Crippen LogP contribution in [0.3, 0.4) is 0 Å². The third-order valence-electron chi connectivity index (χ3n) is 13.2. The number of carbonyl (C=O) groups is 3. The number of phenols is 2. The molecule has 4 aliphatic rings. The van der Waals surface area contributed by atoms with Crippen LogP contribution in [0.15, 0.2) is 46.1 Å². The molecule has 15 heteroatoms. The Hall–Kier alpha value is -4.67. The van der Waals surface area contributed by atoms with Crippen LogP contribution in [-0.2, 0) is 30.2 Å². The maximum atomic E-state index is 14.7. The normalized spacial score (nSPS) is 32.6. The summed E-state index contributed by atoms with van der Waals surface area (Å²) in [5.41, 5.74) is -2.25. The van der Waals surface area contributed by atoms with Crippen molar-refractivity contribution in [1.82, 2.24) is 4.90 Å². The number of aliphatic hydroxyl groups is 3. The number of ether oxygens (including phenoxy) is 4. The number of carbonyl (C=O) groups excluding carboxylic acids is 3. The fraction of sp³-hybridized carbons (Fsp3) is 0.596. The van der Waals surface area contributed by atoms with Crippen LogP contribution in [0, 0.1) is 30.6 Å². The summed E-state index contributed by atoms with van der Waals surface area (Å²) in [6, 6.07) is 0. The predicted molar refractivity (Wildman–Crippen MR) is 229 cm³/mol. The summed E-state index contributed by atoms with van der Waals surface area (Å²) in [6.07, 6.45) is 3.16. The first-order valence-corrected chi connectivity index (χ1v) is 21.5. The standard InChI is InChI=1S/C47H63N3O12/c1-23(2)22-50-18-16-47(17-19-50)48-36-30-21-31(52)24(3)13-12-15-45(9,58)43(56)28(7)38(53)26(5)41(61-29(8)51)25(4)32(59-11)14-20-60-46(10)44(57)35-33(37(36)49-47)34(40(30)55)39(54)27(6)42(35)62-46/h12-15,20,23,25-26,28,32,38,41,43,53-56,58H,16-19,21-22H2,1-11H3/b15-12?,20-14?,24-13+. The Bertz CT molecular complexity index is 2340. The number of aromatic hydroxyl groups is 2. The number of allylic oxidation sites excluding steroid dienone is 3. The molecule has 4 bridgehead atoms. The van der Waals surface area contributed by atoms with Crippen molar-refractivity contribution in [2.75, 3.05) is 26.7 Å². The topological polar surface area (TPSA) is 217 Å². The number of ketones is 2. The first kappa shape index (κ1) is 46.8. The zero-order valence-corrected chi connectivity index (χ0v) is 37.7. The number of benzene rings is 2. The number of rotatable bonds is 4. The molecule has 15 nitrogen and oxygen atoms in total. The smallest absolute Gasteiger partial charge is 0.312 e. The highest BCUT2D eigenvalue weighted by Crippen LogP contribution is 2.49. The number of aliphatic hydroxyl groups excluding tert-OH is 2. The summed E-state index contributed by atoms with van der Waals surface area (Å²) in [4.78, 5) is 53.9. The van der Waals surface area contributed by atoms with Crippen LogP contribution in [0.2, 0.25) is 0 Å². The van der Waals surface area contributed by atoms with Gasteiger partial charge in [0.25, 0.3) is 5.78 Å². The average Bonchev–Trinajstić information content (AvgIpc) is 3.71. The van der Waals surface area contributed by atoms with Crippen molar-refractivity contribution in [2.24, 2.45) is 33.7 Å². The summed E-state index contributed by atoms with van der Waals surface area (Å²) >= 11 is 0. The molecular formula is C47H63N3O12. The number of Topliss-reactive ketones (excluding diaryl/α,β-unsaturated/α-hetero) is 2. The van der Waals surface area contributed by atoms with Gasteiger partial charge in [-0.25, -0.2) is 0 Å². The number of phenolic OH excluding ortho intramolecular Hbond substituents is 2. The molecule has 1 fully saturated rings. The van der Waals surface area contributed by atoms with Gasteiger partial charge >= 0.3 is 11.8 Å². The van der Waals surface area contributed by atoms with E-state index in [4.69, 9.17) is 28.9 Å². The van der Waals surface area contributed by atoms with Crippen molar-refractivity contribution in [1.29, 1.82) is 0 Å². The molecule has 62 heavy (non-hydrogen) atoms. The lowest BCUT2D eigenvalue weighted by Gasteiger charge is -2.39. The second-order valence-electron chi connectivity index (χ2n) is 18.5. The van der Waals surface area contributed by atoms with Crippen molar-refractivity contribution in [3.63, 3.8) is 0 Å². The van der Waals surface area contributed by atoms with Crippen LogP contribution in [0.25, 0.3) is 10.8 Å². The van der Waals surface area contributed by atoms with Crippen LogP contribution >= 0.6 is 0 Å². The Labute approximate surface area is 362 Å². The van der Waals surface area contributed by atoms with Crippen molar-refractivity contribution in [3.05, 3.63) is 63.5 Å². The highest BCUT2D eigenvalue weighted by molar-refractivity contribution is 6.18. The summed E-state index contributed by atoms with van der Waals surface area (Å²) in [6.45, 7) is 18.8. The van der Waals surface area contributed by atoms with Crippen LogP contribution in [0.5, 0.6) is 17.2 Å². The van der Waals surface area contributed by atoms with E-state index >= 15 is 0 Å².